The van der Waals surface area contributed by atoms with E-state index in [0.29, 0.717) is 31.2 Å². The molecule has 4 nitrogen and oxygen atoms in total. The minimum Gasteiger partial charge on any atom is -0.457 e. The van der Waals surface area contributed by atoms with Crippen LogP contribution in [0.15, 0.2) is 16.5 Å². The van der Waals surface area contributed by atoms with E-state index in [0.717, 1.165) is 5.76 Å². The molecule has 0 atom stereocenters. The number of carbonyl (C=O) groups excluding carboxylic acids is 1. The third-order valence-electron chi connectivity index (χ3n) is 2.61. The van der Waals surface area contributed by atoms with E-state index in [9.17, 15) is 4.79 Å². The normalized spacial score (nSPS) is 15.9. The van der Waals surface area contributed by atoms with Crippen LogP contribution < -0.4 is 0 Å². The molecule has 82 valence electrons. The summed E-state index contributed by atoms with van der Waals surface area (Å²) in [4.78, 5) is 12.6. The monoisotopic (exact) mass is 209 g/mol. The molecule has 1 aromatic heterocycles. The number of aldehydes is 1. The predicted molar refractivity (Wildman–Crippen MR) is 54.6 cm³/mol. The molecular weight excluding hydrogens is 194 g/mol. The van der Waals surface area contributed by atoms with Crippen molar-refractivity contribution < 1.29 is 14.3 Å². The summed E-state index contributed by atoms with van der Waals surface area (Å²) in [7, 11) is 0. The van der Waals surface area contributed by atoms with Crippen molar-refractivity contribution in [1.82, 2.24) is 4.90 Å². The molecule has 1 aliphatic rings. The van der Waals surface area contributed by atoms with Gasteiger partial charge in [0.2, 0.25) is 0 Å². The number of carbonyl (C=O) groups is 1. The van der Waals surface area contributed by atoms with Gasteiger partial charge in [-0.25, -0.2) is 0 Å². The summed E-state index contributed by atoms with van der Waals surface area (Å²) in [6, 6.07) is 4.07. The minimum absolute atomic E-state index is 0.164. The van der Waals surface area contributed by atoms with Gasteiger partial charge in [-0.1, -0.05) is 0 Å². The molecule has 0 unspecified atom stereocenters. The number of nitrogens with zero attached hydrogens (tertiary/aromatic N) is 1. The Morgan fingerprint density at radius 1 is 1.53 bits per heavy atom. The van der Waals surface area contributed by atoms with E-state index in [1.54, 1.807) is 6.07 Å². The van der Waals surface area contributed by atoms with Crippen molar-refractivity contribution in [2.24, 2.45) is 0 Å². The van der Waals surface area contributed by atoms with Crippen molar-refractivity contribution in [1.29, 1.82) is 0 Å². The van der Waals surface area contributed by atoms with Gasteiger partial charge in [-0.3, -0.25) is 9.69 Å². The summed E-state index contributed by atoms with van der Waals surface area (Å²) in [6.07, 6.45) is 3.10. The highest BCUT2D eigenvalue weighted by molar-refractivity contribution is 5.70. The Kier molecular flexibility index (Phi) is 3.18. The number of furan rings is 1. The molecule has 1 fully saturated rings. The minimum atomic E-state index is 0.164. The summed E-state index contributed by atoms with van der Waals surface area (Å²) in [5, 5.41) is 8.91. The summed E-state index contributed by atoms with van der Waals surface area (Å²) >= 11 is 0. The first-order chi connectivity index (χ1) is 7.33. The van der Waals surface area contributed by atoms with E-state index in [-0.39, 0.29) is 6.61 Å². The van der Waals surface area contributed by atoms with Crippen LogP contribution in [0.25, 0.3) is 0 Å². The first-order valence-electron chi connectivity index (χ1n) is 5.22. The lowest BCUT2D eigenvalue weighted by Crippen LogP contribution is -2.28. The van der Waals surface area contributed by atoms with E-state index in [1.165, 1.54) is 12.8 Å². The highest BCUT2D eigenvalue weighted by Gasteiger charge is 2.28. The Morgan fingerprint density at radius 3 is 2.87 bits per heavy atom. The molecule has 0 spiro atoms. The maximum absolute atomic E-state index is 10.4. The maximum Gasteiger partial charge on any atom is 0.185 e. The number of hydrogen-bond donors (Lipinski definition) is 1. The topological polar surface area (TPSA) is 53.7 Å². The molecule has 1 heterocycles. The Bertz CT molecular complexity index is 330. The molecule has 4 heteroatoms. The second kappa shape index (κ2) is 4.59. The molecule has 1 aromatic rings. The molecule has 0 radical (unpaired) electrons. The zero-order chi connectivity index (χ0) is 10.7. The van der Waals surface area contributed by atoms with Crippen molar-refractivity contribution in [3.8, 4) is 0 Å². The Labute approximate surface area is 88.5 Å². The van der Waals surface area contributed by atoms with Gasteiger partial charge in [-0.05, 0) is 25.0 Å². The Hall–Kier alpha value is -1.13. The molecule has 0 aromatic carbocycles. The summed E-state index contributed by atoms with van der Waals surface area (Å²) in [5.41, 5.74) is 0. The van der Waals surface area contributed by atoms with Crippen LogP contribution in [0, 0.1) is 0 Å². The van der Waals surface area contributed by atoms with Crippen LogP contribution >= 0.6 is 0 Å². The van der Waals surface area contributed by atoms with Crippen molar-refractivity contribution in [3.63, 3.8) is 0 Å². The molecule has 2 rings (SSSR count). The van der Waals surface area contributed by atoms with Crippen LogP contribution in [0.4, 0.5) is 0 Å². The standard InChI is InChI=1S/C11H15NO3/c13-6-5-12(9-1-2-9)7-10-3-4-11(8-14)15-10/h3-4,8-9,13H,1-2,5-7H2. The van der Waals surface area contributed by atoms with E-state index in [1.807, 2.05) is 6.07 Å². The highest BCUT2D eigenvalue weighted by atomic mass is 16.3. The third-order valence-corrected chi connectivity index (χ3v) is 2.61. The number of hydrogen-bond acceptors (Lipinski definition) is 4. The van der Waals surface area contributed by atoms with Crippen molar-refractivity contribution in [2.45, 2.75) is 25.4 Å². The SMILES string of the molecule is O=Cc1ccc(CN(CCO)C2CC2)o1. The van der Waals surface area contributed by atoms with Gasteiger partial charge in [0.15, 0.2) is 12.0 Å². The second-order valence-corrected chi connectivity index (χ2v) is 3.85. The van der Waals surface area contributed by atoms with Crippen LogP contribution in [-0.2, 0) is 6.54 Å². The second-order valence-electron chi connectivity index (χ2n) is 3.85. The predicted octanol–water partition coefficient (Wildman–Crippen LogP) is 1.05. The largest absolute Gasteiger partial charge is 0.457 e. The van der Waals surface area contributed by atoms with Gasteiger partial charge in [0.25, 0.3) is 0 Å². The van der Waals surface area contributed by atoms with Crippen molar-refractivity contribution >= 4 is 6.29 Å². The molecule has 0 bridgehead atoms. The first-order valence-corrected chi connectivity index (χ1v) is 5.22. The zero-order valence-corrected chi connectivity index (χ0v) is 8.56. The molecule has 0 amide bonds. The van der Waals surface area contributed by atoms with Gasteiger partial charge in [0.05, 0.1) is 13.2 Å². The fourth-order valence-electron chi connectivity index (χ4n) is 1.70. The fourth-order valence-corrected chi connectivity index (χ4v) is 1.70. The van der Waals surface area contributed by atoms with Crippen molar-refractivity contribution in [3.05, 3.63) is 23.7 Å². The molecule has 0 aliphatic heterocycles. The molecule has 1 N–H and O–H groups in total. The summed E-state index contributed by atoms with van der Waals surface area (Å²) in [5.74, 6) is 1.15. The van der Waals surface area contributed by atoms with Crippen LogP contribution in [0.3, 0.4) is 0 Å². The van der Waals surface area contributed by atoms with Gasteiger partial charge >= 0.3 is 0 Å². The molecular formula is C11H15NO3. The van der Waals surface area contributed by atoms with E-state index in [4.69, 9.17) is 9.52 Å². The number of aliphatic hydroxyl groups excluding tert-OH is 1. The van der Waals surface area contributed by atoms with Crippen LogP contribution in [-0.4, -0.2) is 35.5 Å². The Balaban J connectivity index is 1.95. The Morgan fingerprint density at radius 2 is 2.33 bits per heavy atom. The third kappa shape index (κ3) is 2.67. The smallest absolute Gasteiger partial charge is 0.185 e. The molecule has 1 aliphatic carbocycles. The van der Waals surface area contributed by atoms with Gasteiger partial charge < -0.3 is 9.52 Å². The molecule has 0 saturated heterocycles. The van der Waals surface area contributed by atoms with E-state index < -0.39 is 0 Å². The van der Waals surface area contributed by atoms with E-state index in [2.05, 4.69) is 4.90 Å². The molecule has 1 saturated carbocycles. The first kappa shape index (κ1) is 10.4. The van der Waals surface area contributed by atoms with Gasteiger partial charge in [0, 0.05) is 12.6 Å². The lowest BCUT2D eigenvalue weighted by Gasteiger charge is -2.18. The maximum atomic E-state index is 10.4. The summed E-state index contributed by atoms with van der Waals surface area (Å²) < 4.78 is 5.30. The van der Waals surface area contributed by atoms with Gasteiger partial charge in [-0.15, -0.1) is 0 Å². The lowest BCUT2D eigenvalue weighted by molar-refractivity contribution is 0.109. The van der Waals surface area contributed by atoms with Crippen molar-refractivity contribution in [2.75, 3.05) is 13.2 Å². The number of rotatable bonds is 6. The number of aliphatic hydroxyl groups is 1. The quantitative estimate of drug-likeness (QED) is 0.711. The lowest BCUT2D eigenvalue weighted by atomic mass is 10.3. The van der Waals surface area contributed by atoms with Crippen LogP contribution in [0.1, 0.15) is 29.2 Å². The average molecular weight is 209 g/mol. The van der Waals surface area contributed by atoms with Crippen LogP contribution in [0.2, 0.25) is 0 Å². The van der Waals surface area contributed by atoms with E-state index >= 15 is 0 Å². The molecule has 15 heavy (non-hydrogen) atoms. The van der Waals surface area contributed by atoms with Gasteiger partial charge in [-0.2, -0.15) is 0 Å². The fraction of sp³-hybridized carbons (Fsp3) is 0.545. The highest BCUT2D eigenvalue weighted by Crippen LogP contribution is 2.28. The zero-order valence-electron chi connectivity index (χ0n) is 8.56. The van der Waals surface area contributed by atoms with Crippen LogP contribution in [0.5, 0.6) is 0 Å². The van der Waals surface area contributed by atoms with Gasteiger partial charge in [0.1, 0.15) is 5.76 Å². The summed E-state index contributed by atoms with van der Waals surface area (Å²) in [6.45, 7) is 1.51. The average Bonchev–Trinajstić information content (AvgIpc) is 2.99.